The van der Waals surface area contributed by atoms with Crippen molar-refractivity contribution >= 4 is 0 Å². The summed E-state index contributed by atoms with van der Waals surface area (Å²) >= 11 is 0. The molecule has 2 heterocycles. The van der Waals surface area contributed by atoms with Gasteiger partial charge in [-0.15, -0.1) is 0 Å². The number of aryl methyl sites for hydroxylation is 1. The van der Waals surface area contributed by atoms with Gasteiger partial charge in [0.05, 0.1) is 0 Å². The van der Waals surface area contributed by atoms with E-state index in [1.807, 2.05) is 25.4 Å². The van der Waals surface area contributed by atoms with E-state index in [0.29, 0.717) is 6.04 Å². The van der Waals surface area contributed by atoms with Gasteiger partial charge in [-0.2, -0.15) is 0 Å². The Morgan fingerprint density at radius 2 is 1.89 bits per heavy atom. The maximum Gasteiger partial charge on any atom is 0.254 e. The molecule has 0 aromatic carbocycles. The molecule has 0 saturated carbocycles. The first-order valence-corrected chi connectivity index (χ1v) is 6.69. The molecule has 0 bridgehead atoms. The van der Waals surface area contributed by atoms with E-state index in [-0.39, 0.29) is 5.56 Å². The van der Waals surface area contributed by atoms with E-state index in [4.69, 9.17) is 0 Å². The fraction of sp³-hybridized carbons (Fsp3) is 0.643. The molecule has 1 aliphatic heterocycles. The molecule has 1 aromatic heterocycles. The third kappa shape index (κ3) is 3.00. The van der Waals surface area contributed by atoms with Gasteiger partial charge < -0.3 is 4.57 Å². The number of aromatic nitrogens is 1. The molecule has 0 atom stereocenters. The van der Waals surface area contributed by atoms with Gasteiger partial charge in [0, 0.05) is 57.6 Å². The molecule has 4 heteroatoms. The summed E-state index contributed by atoms with van der Waals surface area (Å²) < 4.78 is 1.65. The fourth-order valence-electron chi connectivity index (χ4n) is 2.45. The second-order valence-electron chi connectivity index (χ2n) is 5.36. The third-order valence-corrected chi connectivity index (χ3v) is 3.73. The maximum absolute atomic E-state index is 11.9. The molecule has 100 valence electrons. The smallest absolute Gasteiger partial charge is 0.254 e. The molecular weight excluding hydrogens is 226 g/mol. The Bertz CT molecular complexity index is 445. The van der Waals surface area contributed by atoms with Crippen LogP contribution in [0.5, 0.6) is 0 Å². The van der Waals surface area contributed by atoms with Crippen LogP contribution >= 0.6 is 0 Å². The Morgan fingerprint density at radius 1 is 1.22 bits per heavy atom. The summed E-state index contributed by atoms with van der Waals surface area (Å²) in [6.07, 6.45) is 1.81. The Balaban J connectivity index is 1.96. The summed E-state index contributed by atoms with van der Waals surface area (Å²) in [5.41, 5.74) is 1.03. The van der Waals surface area contributed by atoms with Crippen LogP contribution in [0.4, 0.5) is 0 Å². The molecule has 4 nitrogen and oxygen atoms in total. The molecule has 0 N–H and O–H groups in total. The lowest BCUT2D eigenvalue weighted by molar-refractivity contribution is 0.104. The van der Waals surface area contributed by atoms with Crippen LogP contribution in [0.1, 0.15) is 19.4 Å². The highest BCUT2D eigenvalue weighted by atomic mass is 16.1. The van der Waals surface area contributed by atoms with Crippen LogP contribution in [0.3, 0.4) is 0 Å². The van der Waals surface area contributed by atoms with E-state index in [0.717, 1.165) is 38.3 Å². The Kier molecular flexibility index (Phi) is 4.19. The van der Waals surface area contributed by atoms with Crippen molar-refractivity contribution in [1.82, 2.24) is 14.4 Å². The van der Waals surface area contributed by atoms with Crippen molar-refractivity contribution < 1.29 is 0 Å². The number of rotatable bonds is 3. The van der Waals surface area contributed by atoms with E-state index < -0.39 is 0 Å². The van der Waals surface area contributed by atoms with Gasteiger partial charge >= 0.3 is 0 Å². The lowest BCUT2D eigenvalue weighted by Crippen LogP contribution is -2.48. The van der Waals surface area contributed by atoms with E-state index in [9.17, 15) is 4.79 Å². The molecule has 1 fully saturated rings. The van der Waals surface area contributed by atoms with Gasteiger partial charge in [0.15, 0.2) is 0 Å². The number of piperazine rings is 1. The predicted octanol–water partition coefficient (Wildman–Crippen LogP) is 0.911. The SMILES string of the molecule is CC(C)N1CCN(Cc2cccn(C)c2=O)CC1. The van der Waals surface area contributed by atoms with E-state index in [1.54, 1.807) is 4.57 Å². The summed E-state index contributed by atoms with van der Waals surface area (Å²) in [4.78, 5) is 16.8. The highest BCUT2D eigenvalue weighted by Gasteiger charge is 2.19. The summed E-state index contributed by atoms with van der Waals surface area (Å²) in [6, 6.07) is 4.51. The van der Waals surface area contributed by atoms with Crippen LogP contribution in [0.25, 0.3) is 0 Å². The first-order chi connectivity index (χ1) is 8.58. The summed E-state index contributed by atoms with van der Waals surface area (Å²) in [5.74, 6) is 0. The van der Waals surface area contributed by atoms with Crippen molar-refractivity contribution in [2.24, 2.45) is 7.05 Å². The molecule has 18 heavy (non-hydrogen) atoms. The van der Waals surface area contributed by atoms with E-state index in [1.165, 1.54) is 0 Å². The van der Waals surface area contributed by atoms with Crippen molar-refractivity contribution in [1.29, 1.82) is 0 Å². The highest BCUT2D eigenvalue weighted by Crippen LogP contribution is 2.08. The second-order valence-corrected chi connectivity index (χ2v) is 5.36. The van der Waals surface area contributed by atoms with Crippen molar-refractivity contribution in [2.75, 3.05) is 26.2 Å². The quantitative estimate of drug-likeness (QED) is 0.797. The summed E-state index contributed by atoms with van der Waals surface area (Å²) in [7, 11) is 1.81. The Labute approximate surface area is 109 Å². The van der Waals surface area contributed by atoms with Gasteiger partial charge in [-0.05, 0) is 19.9 Å². The second kappa shape index (κ2) is 5.67. The van der Waals surface area contributed by atoms with Gasteiger partial charge in [-0.1, -0.05) is 6.07 Å². The van der Waals surface area contributed by atoms with Crippen molar-refractivity contribution in [2.45, 2.75) is 26.4 Å². The number of pyridine rings is 1. The zero-order valence-electron chi connectivity index (χ0n) is 11.6. The van der Waals surface area contributed by atoms with Gasteiger partial charge in [-0.3, -0.25) is 14.6 Å². The molecule has 2 rings (SSSR count). The van der Waals surface area contributed by atoms with Gasteiger partial charge in [-0.25, -0.2) is 0 Å². The van der Waals surface area contributed by atoms with Gasteiger partial charge in [0.2, 0.25) is 0 Å². The summed E-state index contributed by atoms with van der Waals surface area (Å²) in [6.45, 7) is 9.56. The van der Waals surface area contributed by atoms with Crippen LogP contribution in [-0.2, 0) is 13.6 Å². The summed E-state index contributed by atoms with van der Waals surface area (Å²) in [5, 5.41) is 0. The van der Waals surface area contributed by atoms with Gasteiger partial charge in [0.25, 0.3) is 5.56 Å². The van der Waals surface area contributed by atoms with Crippen LogP contribution in [0.2, 0.25) is 0 Å². The molecule has 0 spiro atoms. The Hall–Kier alpha value is -1.13. The minimum atomic E-state index is 0.129. The van der Waals surface area contributed by atoms with Crippen LogP contribution in [0.15, 0.2) is 23.1 Å². The normalized spacial score (nSPS) is 18.4. The number of hydrogen-bond donors (Lipinski definition) is 0. The first kappa shape index (κ1) is 13.3. The van der Waals surface area contributed by atoms with E-state index in [2.05, 4.69) is 23.6 Å². The molecule has 1 aliphatic rings. The van der Waals surface area contributed by atoms with Gasteiger partial charge in [0.1, 0.15) is 0 Å². The molecule has 1 aromatic rings. The fourth-order valence-corrected chi connectivity index (χ4v) is 2.45. The first-order valence-electron chi connectivity index (χ1n) is 6.69. The number of hydrogen-bond acceptors (Lipinski definition) is 3. The Morgan fingerprint density at radius 3 is 2.50 bits per heavy atom. The highest BCUT2D eigenvalue weighted by molar-refractivity contribution is 5.10. The molecular formula is C14H23N3O. The maximum atomic E-state index is 11.9. The molecule has 0 unspecified atom stereocenters. The monoisotopic (exact) mass is 249 g/mol. The van der Waals surface area contributed by atoms with Crippen molar-refractivity contribution in [3.8, 4) is 0 Å². The predicted molar refractivity (Wildman–Crippen MR) is 73.7 cm³/mol. The molecule has 1 saturated heterocycles. The minimum Gasteiger partial charge on any atom is -0.318 e. The molecule has 0 radical (unpaired) electrons. The molecule has 0 amide bonds. The zero-order chi connectivity index (χ0) is 13.1. The van der Waals surface area contributed by atoms with Crippen LogP contribution < -0.4 is 5.56 Å². The average molecular weight is 249 g/mol. The van der Waals surface area contributed by atoms with E-state index >= 15 is 0 Å². The minimum absolute atomic E-state index is 0.129. The zero-order valence-corrected chi connectivity index (χ0v) is 11.6. The van der Waals surface area contributed by atoms with Crippen LogP contribution in [0, 0.1) is 0 Å². The van der Waals surface area contributed by atoms with Crippen LogP contribution in [-0.4, -0.2) is 46.6 Å². The van der Waals surface area contributed by atoms with Crippen molar-refractivity contribution in [3.05, 3.63) is 34.2 Å². The average Bonchev–Trinajstić information content (AvgIpc) is 2.36. The molecule has 0 aliphatic carbocycles. The lowest BCUT2D eigenvalue weighted by atomic mass is 10.2. The standard InChI is InChI=1S/C14H23N3O/c1-12(2)17-9-7-16(8-10-17)11-13-5-4-6-15(3)14(13)18/h4-6,12H,7-11H2,1-3H3. The topological polar surface area (TPSA) is 28.5 Å². The van der Waals surface area contributed by atoms with Crippen molar-refractivity contribution in [3.63, 3.8) is 0 Å². The largest absolute Gasteiger partial charge is 0.318 e. The third-order valence-electron chi connectivity index (χ3n) is 3.73. The lowest BCUT2D eigenvalue weighted by Gasteiger charge is -2.36. The number of nitrogens with zero attached hydrogens (tertiary/aromatic N) is 3.